The number of benzene rings is 1. The molecule has 0 heterocycles. The van der Waals surface area contributed by atoms with Crippen LogP contribution in [0.25, 0.3) is 0 Å². The van der Waals surface area contributed by atoms with Crippen molar-refractivity contribution in [1.29, 1.82) is 0 Å². The van der Waals surface area contributed by atoms with Crippen LogP contribution in [0, 0.1) is 5.41 Å². The predicted molar refractivity (Wildman–Crippen MR) is 85.9 cm³/mol. The molecule has 1 aromatic rings. The molecule has 5 heteroatoms. The Labute approximate surface area is 133 Å². The van der Waals surface area contributed by atoms with E-state index in [0.29, 0.717) is 6.42 Å². The van der Waals surface area contributed by atoms with Gasteiger partial charge in [0.2, 0.25) is 0 Å². The minimum atomic E-state index is -0.0912. The Morgan fingerprint density at radius 1 is 1.50 bits per heavy atom. The second kappa shape index (κ2) is 6.96. The van der Waals surface area contributed by atoms with Crippen LogP contribution in [-0.4, -0.2) is 25.9 Å². The number of thioether (sulfide) groups is 1. The fourth-order valence-electron chi connectivity index (χ4n) is 2.13. The van der Waals surface area contributed by atoms with Crippen LogP contribution < -0.4 is 5.32 Å². The molecule has 0 amide bonds. The molecular weight excluding hydrogens is 338 g/mol. The number of hydrogen-bond acceptors (Lipinski definition) is 4. The van der Waals surface area contributed by atoms with Gasteiger partial charge >= 0.3 is 5.97 Å². The zero-order chi connectivity index (χ0) is 14.6. The van der Waals surface area contributed by atoms with E-state index in [1.807, 2.05) is 18.8 Å². The van der Waals surface area contributed by atoms with E-state index in [9.17, 15) is 4.79 Å². The van der Waals surface area contributed by atoms with E-state index >= 15 is 0 Å². The molecule has 1 saturated carbocycles. The number of methoxy groups -OCH3 is 1. The number of nitrogens with one attached hydrogen (secondary N) is 1. The summed E-state index contributed by atoms with van der Waals surface area (Å²) in [7, 11) is 3.41. The van der Waals surface area contributed by atoms with Crippen LogP contribution in [0.1, 0.15) is 24.8 Å². The molecule has 0 aliphatic heterocycles. The zero-order valence-corrected chi connectivity index (χ0v) is 14.3. The first kappa shape index (κ1) is 15.9. The minimum absolute atomic E-state index is 0.0912. The summed E-state index contributed by atoms with van der Waals surface area (Å²) in [6.45, 7) is 0.871. The molecule has 0 saturated heterocycles. The van der Waals surface area contributed by atoms with Crippen LogP contribution in [0.2, 0.25) is 0 Å². The van der Waals surface area contributed by atoms with Crippen molar-refractivity contribution in [2.75, 3.05) is 19.9 Å². The quantitative estimate of drug-likeness (QED) is 0.597. The van der Waals surface area contributed by atoms with Crippen molar-refractivity contribution in [2.45, 2.75) is 30.7 Å². The maximum absolute atomic E-state index is 11.4. The van der Waals surface area contributed by atoms with Crippen molar-refractivity contribution < 1.29 is 9.53 Å². The SMILES string of the molecule is CNCc1ccc(SCC2(CC(=O)OC)CC2)c(Br)c1. The van der Waals surface area contributed by atoms with Gasteiger partial charge in [0.15, 0.2) is 0 Å². The van der Waals surface area contributed by atoms with E-state index in [0.717, 1.165) is 29.6 Å². The summed E-state index contributed by atoms with van der Waals surface area (Å²) in [6.07, 6.45) is 2.81. The van der Waals surface area contributed by atoms with Gasteiger partial charge in [-0.2, -0.15) is 0 Å². The molecule has 0 atom stereocenters. The van der Waals surface area contributed by atoms with Gasteiger partial charge < -0.3 is 10.1 Å². The second-order valence-corrected chi connectivity index (χ2v) is 7.21. The van der Waals surface area contributed by atoms with Gasteiger partial charge in [0, 0.05) is 21.7 Å². The van der Waals surface area contributed by atoms with Crippen LogP contribution >= 0.6 is 27.7 Å². The van der Waals surface area contributed by atoms with Crippen LogP contribution in [-0.2, 0) is 16.1 Å². The van der Waals surface area contributed by atoms with Gasteiger partial charge in [-0.05, 0) is 58.9 Å². The number of hydrogen-bond donors (Lipinski definition) is 1. The predicted octanol–water partition coefficient (Wildman–Crippen LogP) is 3.60. The van der Waals surface area contributed by atoms with Crippen molar-refractivity contribution in [3.8, 4) is 0 Å². The largest absolute Gasteiger partial charge is 0.469 e. The second-order valence-electron chi connectivity index (χ2n) is 5.34. The first-order valence-electron chi connectivity index (χ1n) is 6.71. The van der Waals surface area contributed by atoms with Crippen LogP contribution in [0.3, 0.4) is 0 Å². The van der Waals surface area contributed by atoms with Crippen LogP contribution in [0.15, 0.2) is 27.6 Å². The third kappa shape index (κ3) is 4.24. The van der Waals surface area contributed by atoms with Gasteiger partial charge in [0.25, 0.3) is 0 Å². The topological polar surface area (TPSA) is 38.3 Å². The van der Waals surface area contributed by atoms with E-state index < -0.39 is 0 Å². The van der Waals surface area contributed by atoms with E-state index in [1.54, 1.807) is 0 Å². The fourth-order valence-corrected chi connectivity index (χ4v) is 4.12. The van der Waals surface area contributed by atoms with Gasteiger partial charge in [-0.15, -0.1) is 11.8 Å². The first-order chi connectivity index (χ1) is 9.58. The third-order valence-corrected chi connectivity index (χ3v) is 5.96. The van der Waals surface area contributed by atoms with Crippen molar-refractivity contribution in [2.24, 2.45) is 5.41 Å². The van der Waals surface area contributed by atoms with Crippen molar-refractivity contribution in [3.05, 3.63) is 28.2 Å². The lowest BCUT2D eigenvalue weighted by atomic mass is 10.1. The summed E-state index contributed by atoms with van der Waals surface area (Å²) in [5.41, 5.74) is 1.43. The number of rotatable bonds is 7. The highest BCUT2D eigenvalue weighted by molar-refractivity contribution is 9.10. The first-order valence-corrected chi connectivity index (χ1v) is 8.49. The molecule has 1 aromatic carbocycles. The average Bonchev–Trinajstić information content (AvgIpc) is 3.18. The smallest absolute Gasteiger partial charge is 0.306 e. The molecule has 3 nitrogen and oxygen atoms in total. The summed E-state index contributed by atoms with van der Waals surface area (Å²) in [5, 5.41) is 3.15. The maximum atomic E-state index is 11.4. The van der Waals surface area contributed by atoms with Gasteiger partial charge in [0.1, 0.15) is 0 Å². The average molecular weight is 358 g/mol. The van der Waals surface area contributed by atoms with Crippen LogP contribution in [0.4, 0.5) is 0 Å². The van der Waals surface area contributed by atoms with Gasteiger partial charge in [0.05, 0.1) is 13.5 Å². The van der Waals surface area contributed by atoms with Crippen molar-refractivity contribution >= 4 is 33.7 Å². The zero-order valence-electron chi connectivity index (χ0n) is 11.9. The van der Waals surface area contributed by atoms with Crippen molar-refractivity contribution in [3.63, 3.8) is 0 Å². The highest BCUT2D eigenvalue weighted by Crippen LogP contribution is 2.52. The molecule has 20 heavy (non-hydrogen) atoms. The Morgan fingerprint density at radius 2 is 2.25 bits per heavy atom. The Kier molecular flexibility index (Phi) is 5.52. The Morgan fingerprint density at radius 3 is 2.80 bits per heavy atom. The molecule has 0 aromatic heterocycles. The fraction of sp³-hybridized carbons (Fsp3) is 0.533. The molecule has 0 bridgehead atoms. The highest BCUT2D eigenvalue weighted by atomic mass is 79.9. The molecular formula is C15H20BrNO2S. The number of ether oxygens (including phenoxy) is 1. The van der Waals surface area contributed by atoms with E-state index in [1.165, 1.54) is 17.6 Å². The normalized spacial score (nSPS) is 15.9. The molecule has 0 unspecified atom stereocenters. The maximum Gasteiger partial charge on any atom is 0.306 e. The number of esters is 1. The van der Waals surface area contributed by atoms with E-state index in [-0.39, 0.29) is 11.4 Å². The van der Waals surface area contributed by atoms with Gasteiger partial charge in [-0.1, -0.05) is 6.07 Å². The van der Waals surface area contributed by atoms with Gasteiger partial charge in [-0.3, -0.25) is 4.79 Å². The highest BCUT2D eigenvalue weighted by Gasteiger charge is 2.44. The summed E-state index contributed by atoms with van der Waals surface area (Å²) in [5.74, 6) is 0.887. The molecule has 0 radical (unpaired) electrons. The summed E-state index contributed by atoms with van der Waals surface area (Å²) in [4.78, 5) is 12.7. The summed E-state index contributed by atoms with van der Waals surface area (Å²) in [6, 6.07) is 6.44. The minimum Gasteiger partial charge on any atom is -0.469 e. The molecule has 110 valence electrons. The standard InChI is InChI=1S/C15H20BrNO2S/c1-17-9-11-3-4-13(12(16)7-11)20-10-15(5-6-15)8-14(18)19-2/h3-4,7,17H,5-6,8-10H2,1-2H3. The monoisotopic (exact) mass is 357 g/mol. The number of halogens is 1. The third-order valence-electron chi connectivity index (χ3n) is 3.62. The summed E-state index contributed by atoms with van der Waals surface area (Å²) >= 11 is 5.45. The molecule has 1 aliphatic carbocycles. The van der Waals surface area contributed by atoms with E-state index in [2.05, 4.69) is 39.4 Å². The Hall–Kier alpha value is -0.520. The lowest BCUT2D eigenvalue weighted by molar-refractivity contribution is -0.141. The number of carbonyl (C=O) groups is 1. The number of carbonyl (C=O) groups excluding carboxylic acids is 1. The van der Waals surface area contributed by atoms with Crippen molar-refractivity contribution in [1.82, 2.24) is 5.32 Å². The Bertz CT molecular complexity index is 489. The molecule has 1 aliphatic rings. The molecule has 0 spiro atoms. The van der Waals surface area contributed by atoms with E-state index in [4.69, 9.17) is 4.74 Å². The summed E-state index contributed by atoms with van der Waals surface area (Å²) < 4.78 is 5.91. The molecule has 2 rings (SSSR count). The lowest BCUT2D eigenvalue weighted by Gasteiger charge is -2.14. The van der Waals surface area contributed by atoms with Gasteiger partial charge in [-0.25, -0.2) is 0 Å². The lowest BCUT2D eigenvalue weighted by Crippen LogP contribution is -2.13. The molecule has 1 N–H and O–H groups in total. The molecule has 1 fully saturated rings. The van der Waals surface area contributed by atoms with Crippen LogP contribution in [0.5, 0.6) is 0 Å². The Balaban J connectivity index is 1.92.